The fourth-order valence-electron chi connectivity index (χ4n) is 1.61. The first-order chi connectivity index (χ1) is 9.28. The lowest BCUT2D eigenvalue weighted by atomic mass is 10.3. The molecule has 2 N–H and O–H groups in total. The number of anilines is 1. The summed E-state index contributed by atoms with van der Waals surface area (Å²) < 4.78 is 10.2. The molecule has 3 aromatic rings. The van der Waals surface area contributed by atoms with Gasteiger partial charge in [-0.15, -0.1) is 0 Å². The van der Waals surface area contributed by atoms with Crippen LogP contribution in [0, 0.1) is 0 Å². The highest BCUT2D eigenvalue weighted by atomic mass is 16.5. The molecule has 0 aliphatic carbocycles. The van der Waals surface area contributed by atoms with Crippen LogP contribution >= 0.6 is 0 Å². The highest BCUT2D eigenvalue weighted by Crippen LogP contribution is 2.23. The Labute approximate surface area is 107 Å². The molecule has 3 rings (SSSR count). The summed E-state index contributed by atoms with van der Waals surface area (Å²) in [5.74, 6) is 0.416. The van der Waals surface area contributed by atoms with E-state index >= 15 is 0 Å². The molecule has 0 aliphatic rings. The molecule has 0 unspecified atom stereocenters. The molecule has 0 fully saturated rings. The van der Waals surface area contributed by atoms with Crippen molar-refractivity contribution in [3.63, 3.8) is 0 Å². The van der Waals surface area contributed by atoms with Crippen LogP contribution in [0.15, 0.2) is 23.2 Å². The molecule has 0 saturated carbocycles. The normalized spacial score (nSPS) is 10.8. The number of nitrogens with two attached hydrogens (primary N) is 1. The van der Waals surface area contributed by atoms with Crippen molar-refractivity contribution in [2.24, 2.45) is 0 Å². The molecule has 3 heterocycles. The van der Waals surface area contributed by atoms with Crippen LogP contribution < -0.4 is 10.5 Å². The molecular weight excluding hydrogens is 248 g/mol. The minimum atomic E-state index is 0.1000. The minimum absolute atomic E-state index is 0.1000. The van der Waals surface area contributed by atoms with Crippen LogP contribution in [0.25, 0.3) is 22.4 Å². The third-order valence-corrected chi connectivity index (χ3v) is 2.40. The van der Waals surface area contributed by atoms with Crippen LogP contribution in [0.5, 0.6) is 5.88 Å². The van der Waals surface area contributed by atoms with Gasteiger partial charge < -0.3 is 15.0 Å². The van der Waals surface area contributed by atoms with Gasteiger partial charge in [0.2, 0.25) is 11.8 Å². The van der Waals surface area contributed by atoms with Crippen LogP contribution in [-0.2, 0) is 0 Å². The fraction of sp³-hybridized carbons (Fsp3) is 0.182. The van der Waals surface area contributed by atoms with Gasteiger partial charge in [-0.2, -0.15) is 9.97 Å². The monoisotopic (exact) mass is 258 g/mol. The Morgan fingerprint density at radius 1 is 1.26 bits per heavy atom. The predicted molar refractivity (Wildman–Crippen MR) is 66.2 cm³/mol. The number of hydrogen-bond donors (Lipinski definition) is 1. The van der Waals surface area contributed by atoms with Gasteiger partial charge in [-0.1, -0.05) is 5.16 Å². The van der Waals surface area contributed by atoms with Gasteiger partial charge in [-0.25, -0.2) is 9.97 Å². The molecule has 96 valence electrons. The summed E-state index contributed by atoms with van der Waals surface area (Å²) in [6.07, 6.45) is 4.60. The SMILES string of the molecule is CCOc1nc(N)nc2ncc(-c3cnoc3)nc12. The summed E-state index contributed by atoms with van der Waals surface area (Å²) >= 11 is 0. The van der Waals surface area contributed by atoms with E-state index in [4.69, 9.17) is 15.0 Å². The highest BCUT2D eigenvalue weighted by Gasteiger charge is 2.12. The van der Waals surface area contributed by atoms with Crippen LogP contribution in [0.1, 0.15) is 6.92 Å². The summed E-state index contributed by atoms with van der Waals surface area (Å²) in [4.78, 5) is 16.6. The van der Waals surface area contributed by atoms with E-state index in [0.717, 1.165) is 0 Å². The predicted octanol–water partition coefficient (Wildman–Crippen LogP) is 1.06. The Hall–Kier alpha value is -2.77. The number of aromatic nitrogens is 5. The van der Waals surface area contributed by atoms with Crippen molar-refractivity contribution in [3.8, 4) is 17.1 Å². The van der Waals surface area contributed by atoms with Gasteiger partial charge in [0.25, 0.3) is 0 Å². The van der Waals surface area contributed by atoms with E-state index in [9.17, 15) is 0 Å². The first-order valence-corrected chi connectivity index (χ1v) is 5.60. The number of ether oxygens (including phenoxy) is 1. The summed E-state index contributed by atoms with van der Waals surface area (Å²) in [7, 11) is 0. The van der Waals surface area contributed by atoms with Crippen molar-refractivity contribution in [1.29, 1.82) is 0 Å². The maximum atomic E-state index is 5.59. The van der Waals surface area contributed by atoms with Gasteiger partial charge in [-0.05, 0) is 6.92 Å². The number of rotatable bonds is 3. The fourth-order valence-corrected chi connectivity index (χ4v) is 1.61. The van der Waals surface area contributed by atoms with E-state index in [-0.39, 0.29) is 5.95 Å². The minimum Gasteiger partial charge on any atom is -0.476 e. The quantitative estimate of drug-likeness (QED) is 0.741. The molecule has 0 amide bonds. The van der Waals surface area contributed by atoms with E-state index in [2.05, 4.69) is 25.1 Å². The molecule has 0 aromatic carbocycles. The maximum absolute atomic E-state index is 5.59. The lowest BCUT2D eigenvalue weighted by Gasteiger charge is -2.06. The molecule has 3 aromatic heterocycles. The molecule has 0 bridgehead atoms. The summed E-state index contributed by atoms with van der Waals surface area (Å²) in [6, 6.07) is 0. The number of nitrogen functional groups attached to an aromatic ring is 1. The van der Waals surface area contributed by atoms with Crippen LogP contribution in [0.3, 0.4) is 0 Å². The summed E-state index contributed by atoms with van der Waals surface area (Å²) in [5, 5.41) is 3.63. The zero-order valence-corrected chi connectivity index (χ0v) is 10.1. The Balaban J connectivity index is 2.20. The standard InChI is InChI=1S/C11H10N6O2/c1-2-18-10-8-9(16-11(12)17-10)13-4-7(15-8)6-3-14-19-5-6/h3-5H,2H2,1H3,(H2,12,13,16,17). The molecule has 0 radical (unpaired) electrons. The summed E-state index contributed by atoms with van der Waals surface area (Å²) in [5.41, 5.74) is 7.75. The van der Waals surface area contributed by atoms with E-state index < -0.39 is 0 Å². The van der Waals surface area contributed by atoms with Crippen molar-refractivity contribution in [2.75, 3.05) is 12.3 Å². The van der Waals surface area contributed by atoms with E-state index in [0.29, 0.717) is 34.9 Å². The number of hydrogen-bond acceptors (Lipinski definition) is 8. The van der Waals surface area contributed by atoms with Crippen molar-refractivity contribution >= 4 is 17.1 Å². The van der Waals surface area contributed by atoms with Gasteiger partial charge in [0.15, 0.2) is 11.2 Å². The van der Waals surface area contributed by atoms with Crippen molar-refractivity contribution in [1.82, 2.24) is 25.1 Å². The second kappa shape index (κ2) is 4.48. The topological polar surface area (TPSA) is 113 Å². The molecule has 0 spiro atoms. The van der Waals surface area contributed by atoms with E-state index in [1.54, 1.807) is 12.4 Å². The first-order valence-electron chi connectivity index (χ1n) is 5.60. The van der Waals surface area contributed by atoms with Gasteiger partial charge in [-0.3, -0.25) is 0 Å². The molecule has 8 heteroatoms. The zero-order valence-electron chi connectivity index (χ0n) is 10.1. The van der Waals surface area contributed by atoms with E-state index in [1.165, 1.54) is 6.26 Å². The van der Waals surface area contributed by atoms with Gasteiger partial charge >= 0.3 is 0 Å². The average Bonchev–Trinajstić information content (AvgIpc) is 2.92. The smallest absolute Gasteiger partial charge is 0.247 e. The third-order valence-electron chi connectivity index (χ3n) is 2.40. The Kier molecular flexibility index (Phi) is 2.67. The molecule has 8 nitrogen and oxygen atoms in total. The molecule has 0 saturated heterocycles. The molecular formula is C11H10N6O2. The van der Waals surface area contributed by atoms with Crippen LogP contribution in [-0.4, -0.2) is 31.7 Å². The molecule has 19 heavy (non-hydrogen) atoms. The second-order valence-electron chi connectivity index (χ2n) is 3.66. The first kappa shape index (κ1) is 11.3. The highest BCUT2D eigenvalue weighted by molar-refractivity contribution is 5.78. The van der Waals surface area contributed by atoms with Gasteiger partial charge in [0.05, 0.1) is 30.3 Å². The van der Waals surface area contributed by atoms with Crippen LogP contribution in [0.4, 0.5) is 5.95 Å². The maximum Gasteiger partial charge on any atom is 0.247 e. The average molecular weight is 258 g/mol. The number of fused-ring (bicyclic) bond motifs is 1. The van der Waals surface area contributed by atoms with Gasteiger partial charge in [0.1, 0.15) is 6.26 Å². The van der Waals surface area contributed by atoms with Crippen LogP contribution in [0.2, 0.25) is 0 Å². The second-order valence-corrected chi connectivity index (χ2v) is 3.66. The molecule has 0 aliphatic heterocycles. The van der Waals surface area contributed by atoms with Crippen molar-refractivity contribution < 1.29 is 9.26 Å². The Morgan fingerprint density at radius 3 is 2.89 bits per heavy atom. The van der Waals surface area contributed by atoms with E-state index in [1.807, 2.05) is 6.92 Å². The zero-order chi connectivity index (χ0) is 13.2. The number of nitrogens with zero attached hydrogens (tertiary/aromatic N) is 5. The molecule has 0 atom stereocenters. The Morgan fingerprint density at radius 2 is 2.16 bits per heavy atom. The van der Waals surface area contributed by atoms with Crippen molar-refractivity contribution in [2.45, 2.75) is 6.92 Å². The summed E-state index contributed by atoms with van der Waals surface area (Å²) in [6.45, 7) is 2.30. The largest absolute Gasteiger partial charge is 0.476 e. The lowest BCUT2D eigenvalue weighted by molar-refractivity contribution is 0.330. The third kappa shape index (κ3) is 2.03. The lowest BCUT2D eigenvalue weighted by Crippen LogP contribution is -2.04. The Bertz CT molecular complexity index is 713. The van der Waals surface area contributed by atoms with Crippen molar-refractivity contribution in [3.05, 3.63) is 18.7 Å². The van der Waals surface area contributed by atoms with Gasteiger partial charge in [0, 0.05) is 0 Å².